The van der Waals surface area contributed by atoms with Gasteiger partial charge in [-0.3, -0.25) is 4.90 Å². The highest BCUT2D eigenvalue weighted by Gasteiger charge is 2.38. The monoisotopic (exact) mass is 254 g/mol. The molecule has 0 saturated carbocycles. The largest absolute Gasteiger partial charge is 0.329 e. The first-order chi connectivity index (χ1) is 8.74. The summed E-state index contributed by atoms with van der Waals surface area (Å²) in [5.74, 6) is 0. The lowest BCUT2D eigenvalue weighted by Gasteiger charge is -2.50. The Balaban J connectivity index is 2.79. The second kappa shape index (κ2) is 8.16. The summed E-state index contributed by atoms with van der Waals surface area (Å²) in [6, 6.07) is 0.795. The zero-order valence-electron chi connectivity index (χ0n) is 12.9. The Morgan fingerprint density at radius 2 is 1.94 bits per heavy atom. The fraction of sp³-hybridized carbons (Fsp3) is 1.00. The van der Waals surface area contributed by atoms with E-state index in [0.717, 1.165) is 12.6 Å². The van der Waals surface area contributed by atoms with Gasteiger partial charge in [-0.2, -0.15) is 0 Å². The Morgan fingerprint density at radius 3 is 2.50 bits per heavy atom. The number of unbranched alkanes of at least 4 members (excludes halogenated alkanes) is 1. The highest BCUT2D eigenvalue weighted by Crippen LogP contribution is 2.33. The summed E-state index contributed by atoms with van der Waals surface area (Å²) < 4.78 is 0. The van der Waals surface area contributed by atoms with Crippen molar-refractivity contribution >= 4 is 0 Å². The Kier molecular flexibility index (Phi) is 7.25. The van der Waals surface area contributed by atoms with E-state index in [9.17, 15) is 0 Å². The van der Waals surface area contributed by atoms with Gasteiger partial charge in [0.05, 0.1) is 0 Å². The minimum atomic E-state index is 0.288. The van der Waals surface area contributed by atoms with Crippen LogP contribution in [-0.2, 0) is 0 Å². The van der Waals surface area contributed by atoms with Crippen molar-refractivity contribution in [3.05, 3.63) is 0 Å². The number of hydrogen-bond donors (Lipinski definition) is 1. The van der Waals surface area contributed by atoms with Gasteiger partial charge in [-0.25, -0.2) is 0 Å². The van der Waals surface area contributed by atoms with Crippen molar-refractivity contribution < 1.29 is 0 Å². The van der Waals surface area contributed by atoms with Crippen molar-refractivity contribution in [2.75, 3.05) is 13.1 Å². The number of hydrogen-bond acceptors (Lipinski definition) is 2. The van der Waals surface area contributed by atoms with Crippen LogP contribution in [0.25, 0.3) is 0 Å². The zero-order chi connectivity index (χ0) is 13.4. The van der Waals surface area contributed by atoms with Gasteiger partial charge in [0.2, 0.25) is 0 Å². The molecule has 1 rings (SSSR count). The maximum atomic E-state index is 6.21. The second-order valence-corrected chi connectivity index (χ2v) is 6.02. The van der Waals surface area contributed by atoms with Crippen LogP contribution in [0.15, 0.2) is 0 Å². The molecular formula is C16H34N2. The van der Waals surface area contributed by atoms with E-state index < -0.39 is 0 Å². The number of nitrogens with two attached hydrogens (primary N) is 1. The van der Waals surface area contributed by atoms with Gasteiger partial charge < -0.3 is 5.73 Å². The standard InChI is InChI=1S/C16H34N2/c1-4-7-12-16(6-3,14-17)18-13-9-8-11-15(18)10-5-2/h15H,4-14,17H2,1-3H3. The quantitative estimate of drug-likeness (QED) is 0.711. The molecule has 2 unspecified atom stereocenters. The molecule has 2 atom stereocenters. The molecule has 1 heterocycles. The summed E-state index contributed by atoms with van der Waals surface area (Å²) in [7, 11) is 0. The molecule has 0 aromatic rings. The van der Waals surface area contributed by atoms with Crippen LogP contribution in [0.5, 0.6) is 0 Å². The fourth-order valence-corrected chi connectivity index (χ4v) is 3.65. The Bertz CT molecular complexity index is 209. The number of likely N-dealkylation sites (tertiary alicyclic amines) is 1. The molecule has 18 heavy (non-hydrogen) atoms. The van der Waals surface area contributed by atoms with E-state index in [1.165, 1.54) is 64.3 Å². The minimum Gasteiger partial charge on any atom is -0.329 e. The molecule has 0 amide bonds. The molecule has 0 aromatic heterocycles. The van der Waals surface area contributed by atoms with Gasteiger partial charge in [0, 0.05) is 18.1 Å². The highest BCUT2D eigenvalue weighted by molar-refractivity contribution is 4.95. The third-order valence-electron chi connectivity index (χ3n) is 4.89. The van der Waals surface area contributed by atoms with E-state index >= 15 is 0 Å². The van der Waals surface area contributed by atoms with Gasteiger partial charge in [0.25, 0.3) is 0 Å². The lowest BCUT2D eigenvalue weighted by Crippen LogP contribution is -2.59. The molecule has 0 aromatic carbocycles. The van der Waals surface area contributed by atoms with Crippen LogP contribution >= 0.6 is 0 Å². The van der Waals surface area contributed by atoms with Crippen molar-refractivity contribution in [3.8, 4) is 0 Å². The average Bonchev–Trinajstić information content (AvgIpc) is 2.42. The lowest BCUT2D eigenvalue weighted by atomic mass is 9.83. The first-order valence-electron chi connectivity index (χ1n) is 8.20. The molecule has 0 spiro atoms. The molecule has 2 N–H and O–H groups in total. The third-order valence-corrected chi connectivity index (χ3v) is 4.89. The van der Waals surface area contributed by atoms with Crippen LogP contribution in [0, 0.1) is 0 Å². The van der Waals surface area contributed by atoms with Gasteiger partial charge >= 0.3 is 0 Å². The lowest BCUT2D eigenvalue weighted by molar-refractivity contribution is 0.00773. The van der Waals surface area contributed by atoms with E-state index in [2.05, 4.69) is 25.7 Å². The van der Waals surface area contributed by atoms with Gasteiger partial charge in [0.15, 0.2) is 0 Å². The van der Waals surface area contributed by atoms with Crippen LogP contribution in [-0.4, -0.2) is 29.6 Å². The minimum absolute atomic E-state index is 0.288. The molecule has 2 nitrogen and oxygen atoms in total. The summed E-state index contributed by atoms with van der Waals surface area (Å²) in [6.07, 6.45) is 11.9. The summed E-state index contributed by atoms with van der Waals surface area (Å²) in [5, 5.41) is 0. The molecule has 0 radical (unpaired) electrons. The topological polar surface area (TPSA) is 29.3 Å². The Labute approximate surface area is 114 Å². The molecule has 0 bridgehead atoms. The normalized spacial score (nSPS) is 25.0. The molecule has 0 aliphatic carbocycles. The van der Waals surface area contributed by atoms with Crippen molar-refractivity contribution in [2.24, 2.45) is 5.73 Å². The third kappa shape index (κ3) is 3.71. The molecule has 1 fully saturated rings. The predicted octanol–water partition coefficient (Wildman–Crippen LogP) is 3.94. The number of rotatable bonds is 8. The predicted molar refractivity (Wildman–Crippen MR) is 80.9 cm³/mol. The van der Waals surface area contributed by atoms with Crippen molar-refractivity contribution in [3.63, 3.8) is 0 Å². The molecule has 2 heteroatoms. The summed E-state index contributed by atoms with van der Waals surface area (Å²) in [5.41, 5.74) is 6.49. The summed E-state index contributed by atoms with van der Waals surface area (Å²) in [4.78, 5) is 2.80. The van der Waals surface area contributed by atoms with E-state index in [1.54, 1.807) is 0 Å². The van der Waals surface area contributed by atoms with Crippen LogP contribution in [0.2, 0.25) is 0 Å². The second-order valence-electron chi connectivity index (χ2n) is 6.02. The molecular weight excluding hydrogens is 220 g/mol. The van der Waals surface area contributed by atoms with Crippen molar-refractivity contribution in [1.29, 1.82) is 0 Å². The molecule has 108 valence electrons. The zero-order valence-corrected chi connectivity index (χ0v) is 12.9. The van der Waals surface area contributed by atoms with Gasteiger partial charge in [-0.15, -0.1) is 0 Å². The summed E-state index contributed by atoms with van der Waals surface area (Å²) >= 11 is 0. The first kappa shape index (κ1) is 16.0. The fourth-order valence-electron chi connectivity index (χ4n) is 3.65. The first-order valence-corrected chi connectivity index (χ1v) is 8.20. The van der Waals surface area contributed by atoms with E-state index in [-0.39, 0.29) is 5.54 Å². The smallest absolute Gasteiger partial charge is 0.0332 e. The van der Waals surface area contributed by atoms with Crippen LogP contribution in [0.4, 0.5) is 0 Å². The van der Waals surface area contributed by atoms with Gasteiger partial charge in [-0.1, -0.05) is 46.5 Å². The SMILES string of the molecule is CCCCC(CC)(CN)N1CCCCC1CCC. The molecule has 1 saturated heterocycles. The van der Waals surface area contributed by atoms with Crippen LogP contribution < -0.4 is 5.73 Å². The maximum absolute atomic E-state index is 6.21. The van der Waals surface area contributed by atoms with Crippen LogP contribution in [0.1, 0.15) is 78.6 Å². The van der Waals surface area contributed by atoms with Gasteiger partial charge in [-0.05, 0) is 38.6 Å². The van der Waals surface area contributed by atoms with Crippen molar-refractivity contribution in [1.82, 2.24) is 4.90 Å². The molecule has 1 aliphatic heterocycles. The molecule has 1 aliphatic rings. The Hall–Kier alpha value is -0.0800. The van der Waals surface area contributed by atoms with Crippen molar-refractivity contribution in [2.45, 2.75) is 90.1 Å². The number of piperidine rings is 1. The highest BCUT2D eigenvalue weighted by atomic mass is 15.2. The van der Waals surface area contributed by atoms with Crippen LogP contribution in [0.3, 0.4) is 0 Å². The van der Waals surface area contributed by atoms with Gasteiger partial charge in [0.1, 0.15) is 0 Å². The van der Waals surface area contributed by atoms with E-state index in [4.69, 9.17) is 5.73 Å². The van der Waals surface area contributed by atoms with E-state index in [0.29, 0.717) is 0 Å². The summed E-state index contributed by atoms with van der Waals surface area (Å²) in [6.45, 7) is 9.05. The maximum Gasteiger partial charge on any atom is 0.0332 e. The average molecular weight is 254 g/mol. The number of nitrogens with zero attached hydrogens (tertiary/aromatic N) is 1. The Morgan fingerprint density at radius 1 is 1.17 bits per heavy atom. The van der Waals surface area contributed by atoms with E-state index in [1.807, 2.05) is 0 Å².